The van der Waals surface area contributed by atoms with Gasteiger partial charge in [-0.15, -0.1) is 0 Å². The van der Waals surface area contributed by atoms with Crippen molar-refractivity contribution in [1.29, 1.82) is 0 Å². The van der Waals surface area contributed by atoms with Crippen molar-refractivity contribution < 1.29 is 9.21 Å². The van der Waals surface area contributed by atoms with E-state index >= 15 is 0 Å². The van der Waals surface area contributed by atoms with Crippen molar-refractivity contribution >= 4 is 40.4 Å². The van der Waals surface area contributed by atoms with Crippen LogP contribution in [0, 0.1) is 0 Å². The summed E-state index contributed by atoms with van der Waals surface area (Å²) in [7, 11) is 0. The lowest BCUT2D eigenvalue weighted by atomic mass is 9.96. The van der Waals surface area contributed by atoms with Crippen molar-refractivity contribution in [3.8, 4) is 0 Å². The fraction of sp³-hybridized carbons (Fsp3) is 0.529. The maximum absolute atomic E-state index is 12.4. The number of thioether (sulfide) groups is 1. The molecule has 0 bridgehead atoms. The van der Waals surface area contributed by atoms with Crippen molar-refractivity contribution in [2.75, 3.05) is 25.1 Å². The molecule has 1 atom stereocenters. The minimum Gasteiger partial charge on any atom is -0.440 e. The molecule has 5 nitrogen and oxygen atoms in total. The molecule has 1 amide bonds. The molecule has 1 aliphatic rings. The third-order valence-electron chi connectivity index (χ3n) is 4.47. The summed E-state index contributed by atoms with van der Waals surface area (Å²) in [4.78, 5) is 18.8. The van der Waals surface area contributed by atoms with E-state index in [2.05, 4.69) is 4.98 Å². The number of nitrogens with two attached hydrogens (primary N) is 1. The number of carbonyl (C=O) groups is 1. The van der Waals surface area contributed by atoms with E-state index in [9.17, 15) is 4.79 Å². The first-order valence-corrected chi connectivity index (χ1v) is 9.95. The van der Waals surface area contributed by atoms with Gasteiger partial charge in [-0.2, -0.15) is 11.8 Å². The van der Waals surface area contributed by atoms with Gasteiger partial charge in [-0.25, -0.2) is 4.98 Å². The highest BCUT2D eigenvalue weighted by Crippen LogP contribution is 2.31. The quantitative estimate of drug-likeness (QED) is 0.878. The van der Waals surface area contributed by atoms with Crippen LogP contribution in [0.3, 0.4) is 0 Å². The van der Waals surface area contributed by atoms with E-state index in [-0.39, 0.29) is 17.9 Å². The molecule has 0 radical (unpaired) electrons. The highest BCUT2D eigenvalue weighted by molar-refractivity contribution is 7.98. The summed E-state index contributed by atoms with van der Waals surface area (Å²) in [5.41, 5.74) is 7.54. The molecule has 1 aromatic heterocycles. The van der Waals surface area contributed by atoms with Crippen LogP contribution in [0.2, 0.25) is 5.02 Å². The van der Waals surface area contributed by atoms with Crippen LogP contribution in [0.15, 0.2) is 22.6 Å². The molecule has 3 rings (SSSR count). The third kappa shape index (κ3) is 3.87. The molecule has 7 heteroatoms. The van der Waals surface area contributed by atoms with Gasteiger partial charge in [-0.05, 0) is 49.5 Å². The van der Waals surface area contributed by atoms with Gasteiger partial charge >= 0.3 is 0 Å². The number of hydrogen-bond acceptors (Lipinski definition) is 5. The summed E-state index contributed by atoms with van der Waals surface area (Å²) in [5, 5.41) is 0.655. The number of amides is 1. The van der Waals surface area contributed by atoms with Crippen LogP contribution in [0.5, 0.6) is 0 Å². The van der Waals surface area contributed by atoms with E-state index in [1.807, 2.05) is 23.3 Å². The number of piperidine rings is 1. The van der Waals surface area contributed by atoms with Gasteiger partial charge in [0.1, 0.15) is 5.52 Å². The molecular weight excluding hydrogens is 346 g/mol. The Balaban J connectivity index is 1.60. The normalized spacial score (nSPS) is 17.4. The topological polar surface area (TPSA) is 72.4 Å². The van der Waals surface area contributed by atoms with E-state index in [0.29, 0.717) is 18.1 Å². The SMILES string of the molecule is CSCC[C@H](N)C(=O)N1CCC(c2nc3cc(Cl)ccc3o2)CC1. The number of rotatable bonds is 5. The minimum absolute atomic E-state index is 0.0619. The first kappa shape index (κ1) is 17.6. The lowest BCUT2D eigenvalue weighted by Gasteiger charge is -2.32. The summed E-state index contributed by atoms with van der Waals surface area (Å²) >= 11 is 7.71. The Morgan fingerprint density at radius 2 is 2.25 bits per heavy atom. The van der Waals surface area contributed by atoms with Gasteiger partial charge in [-0.3, -0.25) is 4.79 Å². The van der Waals surface area contributed by atoms with Crippen LogP contribution < -0.4 is 5.73 Å². The second-order valence-corrected chi connectivity index (χ2v) is 7.57. The number of hydrogen-bond donors (Lipinski definition) is 1. The van der Waals surface area contributed by atoms with Crippen LogP contribution in [0.25, 0.3) is 11.1 Å². The standard InChI is InChI=1S/C17H22ClN3O2S/c1-24-9-6-13(19)17(22)21-7-4-11(5-8-21)16-20-14-10-12(18)2-3-15(14)23-16/h2-3,10-11,13H,4-9,19H2,1H3/t13-/m0/s1. The maximum Gasteiger partial charge on any atom is 0.239 e. The van der Waals surface area contributed by atoms with Crippen LogP contribution in [-0.4, -0.2) is 46.9 Å². The lowest BCUT2D eigenvalue weighted by Crippen LogP contribution is -2.47. The molecule has 0 saturated carbocycles. The van der Waals surface area contributed by atoms with Gasteiger partial charge in [0.05, 0.1) is 6.04 Å². The molecule has 2 N–H and O–H groups in total. The van der Waals surface area contributed by atoms with Gasteiger partial charge in [0.25, 0.3) is 0 Å². The van der Waals surface area contributed by atoms with E-state index in [0.717, 1.165) is 42.0 Å². The van der Waals surface area contributed by atoms with Gasteiger partial charge < -0.3 is 15.1 Å². The van der Waals surface area contributed by atoms with E-state index in [1.54, 1.807) is 17.8 Å². The van der Waals surface area contributed by atoms with Gasteiger partial charge in [-0.1, -0.05) is 11.6 Å². The number of carbonyl (C=O) groups excluding carboxylic acids is 1. The molecule has 0 spiro atoms. The molecule has 130 valence electrons. The zero-order valence-electron chi connectivity index (χ0n) is 13.7. The van der Waals surface area contributed by atoms with Gasteiger partial charge in [0.2, 0.25) is 5.91 Å². The Morgan fingerprint density at radius 3 is 2.96 bits per heavy atom. The Hall–Kier alpha value is -1.24. The Labute approximate surface area is 150 Å². The minimum atomic E-state index is -0.388. The molecule has 1 fully saturated rings. The fourth-order valence-corrected chi connectivity index (χ4v) is 3.70. The average molecular weight is 368 g/mol. The third-order valence-corrected chi connectivity index (χ3v) is 5.35. The number of fused-ring (bicyclic) bond motifs is 1. The molecular formula is C17H22ClN3O2S. The van der Waals surface area contributed by atoms with Crippen molar-refractivity contribution in [2.45, 2.75) is 31.2 Å². The summed E-state index contributed by atoms with van der Waals surface area (Å²) < 4.78 is 5.86. The average Bonchev–Trinajstić information content (AvgIpc) is 3.02. The predicted octanol–water partition coefficient (Wildman–Crippen LogP) is 3.27. The van der Waals surface area contributed by atoms with Gasteiger partial charge in [0.15, 0.2) is 11.5 Å². The second kappa shape index (κ2) is 7.76. The number of nitrogens with zero attached hydrogens (tertiary/aromatic N) is 2. The molecule has 2 heterocycles. The molecule has 0 aliphatic carbocycles. The van der Waals surface area contributed by atoms with Crippen molar-refractivity contribution in [2.24, 2.45) is 5.73 Å². The van der Waals surface area contributed by atoms with Crippen LogP contribution in [0.4, 0.5) is 0 Å². The summed E-state index contributed by atoms with van der Waals surface area (Å²) in [6.45, 7) is 1.41. The lowest BCUT2D eigenvalue weighted by molar-refractivity contribution is -0.133. The predicted molar refractivity (Wildman–Crippen MR) is 98.5 cm³/mol. The molecule has 24 heavy (non-hydrogen) atoms. The Morgan fingerprint density at radius 1 is 1.50 bits per heavy atom. The van der Waals surface area contributed by atoms with E-state index in [1.165, 1.54) is 0 Å². The number of oxazole rings is 1. The first-order valence-electron chi connectivity index (χ1n) is 8.18. The molecule has 1 aromatic carbocycles. The van der Waals surface area contributed by atoms with Crippen LogP contribution >= 0.6 is 23.4 Å². The van der Waals surface area contributed by atoms with Crippen LogP contribution in [-0.2, 0) is 4.79 Å². The van der Waals surface area contributed by atoms with E-state index in [4.69, 9.17) is 21.8 Å². The summed E-state index contributed by atoms with van der Waals surface area (Å²) in [5.74, 6) is 1.95. The smallest absolute Gasteiger partial charge is 0.239 e. The molecule has 1 saturated heterocycles. The van der Waals surface area contributed by atoms with Crippen LogP contribution in [0.1, 0.15) is 31.1 Å². The summed E-state index contributed by atoms with van der Waals surface area (Å²) in [6, 6.07) is 5.07. The van der Waals surface area contributed by atoms with Crippen molar-refractivity contribution in [1.82, 2.24) is 9.88 Å². The molecule has 0 unspecified atom stereocenters. The fourth-order valence-electron chi connectivity index (χ4n) is 3.04. The van der Waals surface area contributed by atoms with Gasteiger partial charge in [0, 0.05) is 24.0 Å². The number of likely N-dealkylation sites (tertiary alicyclic amines) is 1. The highest BCUT2D eigenvalue weighted by atomic mass is 35.5. The zero-order valence-corrected chi connectivity index (χ0v) is 15.3. The first-order chi connectivity index (χ1) is 11.6. The Kier molecular flexibility index (Phi) is 5.69. The van der Waals surface area contributed by atoms with Crippen molar-refractivity contribution in [3.05, 3.63) is 29.1 Å². The Bertz CT molecular complexity index is 713. The van der Waals surface area contributed by atoms with Crippen molar-refractivity contribution in [3.63, 3.8) is 0 Å². The highest BCUT2D eigenvalue weighted by Gasteiger charge is 2.29. The zero-order chi connectivity index (χ0) is 17.1. The second-order valence-electron chi connectivity index (χ2n) is 6.15. The molecule has 2 aromatic rings. The summed E-state index contributed by atoms with van der Waals surface area (Å²) in [6.07, 6.45) is 4.45. The molecule has 1 aliphatic heterocycles. The largest absolute Gasteiger partial charge is 0.440 e. The maximum atomic E-state index is 12.4. The number of benzene rings is 1. The van der Waals surface area contributed by atoms with E-state index < -0.39 is 0 Å². The number of halogens is 1. The number of aromatic nitrogens is 1. The monoisotopic (exact) mass is 367 g/mol.